The van der Waals surface area contributed by atoms with Gasteiger partial charge >= 0.3 is 6.18 Å². The fourth-order valence-corrected chi connectivity index (χ4v) is 2.11. The minimum atomic E-state index is -4.49. The maximum Gasteiger partial charge on any atom is 0.420 e. The van der Waals surface area contributed by atoms with E-state index in [4.69, 9.17) is 9.47 Å². The first-order valence-electron chi connectivity index (χ1n) is 5.64. The molecule has 2 aliphatic rings. The number of benzene rings is 1. The highest BCUT2D eigenvalue weighted by Crippen LogP contribution is 2.54. The van der Waals surface area contributed by atoms with Gasteiger partial charge in [-0.3, -0.25) is 0 Å². The lowest BCUT2D eigenvalue weighted by molar-refractivity contribution is -0.139. The lowest BCUT2D eigenvalue weighted by Crippen LogP contribution is -2.22. The van der Waals surface area contributed by atoms with Gasteiger partial charge in [-0.05, 0) is 18.9 Å². The predicted molar refractivity (Wildman–Crippen MR) is 55.6 cm³/mol. The topological polar surface area (TPSA) is 38.7 Å². The van der Waals surface area contributed by atoms with Crippen LogP contribution in [0.5, 0.6) is 11.5 Å². The van der Waals surface area contributed by atoms with Gasteiger partial charge in [-0.1, -0.05) is 6.07 Å². The quantitative estimate of drug-likeness (QED) is 0.843. The summed E-state index contributed by atoms with van der Waals surface area (Å²) in [5, 5.41) is 10.0. The summed E-state index contributed by atoms with van der Waals surface area (Å²) in [7, 11) is 0. The van der Waals surface area contributed by atoms with Crippen molar-refractivity contribution in [3.63, 3.8) is 0 Å². The molecule has 1 saturated carbocycles. The molecule has 3 nitrogen and oxygen atoms in total. The molecule has 1 aliphatic heterocycles. The molecule has 0 saturated heterocycles. The van der Waals surface area contributed by atoms with Crippen LogP contribution in [0.15, 0.2) is 12.1 Å². The van der Waals surface area contributed by atoms with E-state index >= 15 is 0 Å². The summed E-state index contributed by atoms with van der Waals surface area (Å²) in [6.45, 7) is 0.273. The zero-order chi connectivity index (χ0) is 13.0. The molecule has 6 heteroatoms. The van der Waals surface area contributed by atoms with Gasteiger partial charge in [0.05, 0.1) is 5.60 Å². The van der Waals surface area contributed by atoms with Gasteiger partial charge in [-0.25, -0.2) is 0 Å². The minimum absolute atomic E-state index is 0.0380. The van der Waals surface area contributed by atoms with Crippen LogP contribution in [-0.2, 0) is 11.8 Å². The molecule has 0 spiro atoms. The third-order valence-electron chi connectivity index (χ3n) is 3.22. The van der Waals surface area contributed by atoms with Gasteiger partial charge in [0.15, 0.2) is 11.5 Å². The molecule has 1 heterocycles. The summed E-state index contributed by atoms with van der Waals surface area (Å²) in [5.41, 5.74) is -1.51. The van der Waals surface area contributed by atoms with E-state index < -0.39 is 17.3 Å². The fraction of sp³-hybridized carbons (Fsp3) is 0.500. The Morgan fingerprint density at radius 2 is 1.67 bits per heavy atom. The molecule has 0 aromatic heterocycles. The van der Waals surface area contributed by atoms with E-state index in [0.29, 0.717) is 18.4 Å². The smallest absolute Gasteiger partial charge is 0.420 e. The van der Waals surface area contributed by atoms with Gasteiger partial charge in [0.1, 0.15) is 18.8 Å². The van der Waals surface area contributed by atoms with Crippen molar-refractivity contribution in [2.45, 2.75) is 24.6 Å². The van der Waals surface area contributed by atoms with E-state index in [1.807, 2.05) is 0 Å². The summed E-state index contributed by atoms with van der Waals surface area (Å²) >= 11 is 0. The lowest BCUT2D eigenvalue weighted by Gasteiger charge is -2.25. The molecule has 18 heavy (non-hydrogen) atoms. The molecule has 3 rings (SSSR count). The molecule has 0 atom stereocenters. The molecule has 0 unspecified atom stereocenters. The standard InChI is InChI=1S/C12H11F3O3/c13-12(14,15)8-2-1-7(11(16)3-4-11)9-10(8)18-6-5-17-9/h1-2,16H,3-6H2. The molecule has 0 radical (unpaired) electrons. The normalized spacial score (nSPS) is 20.7. The van der Waals surface area contributed by atoms with E-state index in [2.05, 4.69) is 0 Å². The van der Waals surface area contributed by atoms with E-state index in [0.717, 1.165) is 6.07 Å². The third-order valence-corrected chi connectivity index (χ3v) is 3.22. The average molecular weight is 260 g/mol. The van der Waals surface area contributed by atoms with Crippen molar-refractivity contribution < 1.29 is 27.8 Å². The lowest BCUT2D eigenvalue weighted by atomic mass is 10.0. The Balaban J connectivity index is 2.16. The number of hydrogen-bond acceptors (Lipinski definition) is 3. The Morgan fingerprint density at radius 1 is 1.06 bits per heavy atom. The zero-order valence-electron chi connectivity index (χ0n) is 9.38. The highest BCUT2D eigenvalue weighted by Gasteiger charge is 2.47. The number of aliphatic hydroxyl groups is 1. The Kier molecular flexibility index (Phi) is 2.29. The van der Waals surface area contributed by atoms with Crippen molar-refractivity contribution in [3.05, 3.63) is 23.3 Å². The first kappa shape index (κ1) is 11.6. The predicted octanol–water partition coefficient (Wildman–Crippen LogP) is 2.46. The molecule has 1 aromatic rings. The van der Waals surface area contributed by atoms with Gasteiger partial charge in [-0.15, -0.1) is 0 Å². The molecule has 1 fully saturated rings. The van der Waals surface area contributed by atoms with Crippen molar-refractivity contribution in [2.75, 3.05) is 13.2 Å². The number of fused-ring (bicyclic) bond motifs is 1. The third kappa shape index (κ3) is 1.71. The minimum Gasteiger partial charge on any atom is -0.486 e. The number of ether oxygens (including phenoxy) is 2. The van der Waals surface area contributed by atoms with Gasteiger partial charge < -0.3 is 14.6 Å². The maximum atomic E-state index is 12.8. The van der Waals surface area contributed by atoms with Crippen LogP contribution < -0.4 is 9.47 Å². The molecular weight excluding hydrogens is 249 g/mol. The van der Waals surface area contributed by atoms with Crippen molar-refractivity contribution in [1.29, 1.82) is 0 Å². The molecular formula is C12H11F3O3. The molecule has 98 valence electrons. The van der Waals surface area contributed by atoms with Crippen LogP contribution in [0, 0.1) is 0 Å². The van der Waals surface area contributed by atoms with Crippen LogP contribution in [0.25, 0.3) is 0 Å². The van der Waals surface area contributed by atoms with Crippen LogP contribution >= 0.6 is 0 Å². The van der Waals surface area contributed by atoms with Crippen LogP contribution in [-0.4, -0.2) is 18.3 Å². The Hall–Kier alpha value is -1.43. The SMILES string of the molecule is OC1(c2ccc(C(F)(F)F)c3c2OCCO3)CC1. The Morgan fingerprint density at radius 3 is 2.22 bits per heavy atom. The van der Waals surface area contributed by atoms with Crippen LogP contribution in [0.3, 0.4) is 0 Å². The second-order valence-electron chi connectivity index (χ2n) is 4.55. The van der Waals surface area contributed by atoms with Gasteiger partial charge in [0.25, 0.3) is 0 Å². The number of hydrogen-bond donors (Lipinski definition) is 1. The number of halogens is 3. The van der Waals surface area contributed by atoms with Crippen molar-refractivity contribution in [3.8, 4) is 11.5 Å². The summed E-state index contributed by atoms with van der Waals surface area (Å²) in [4.78, 5) is 0. The van der Waals surface area contributed by atoms with Crippen molar-refractivity contribution in [1.82, 2.24) is 0 Å². The summed E-state index contributed by atoms with van der Waals surface area (Å²) < 4.78 is 48.8. The highest BCUT2D eigenvalue weighted by molar-refractivity contribution is 5.56. The van der Waals surface area contributed by atoms with Crippen molar-refractivity contribution in [2.24, 2.45) is 0 Å². The second kappa shape index (κ2) is 3.54. The number of rotatable bonds is 1. The first-order chi connectivity index (χ1) is 8.42. The molecule has 1 aliphatic carbocycles. The fourth-order valence-electron chi connectivity index (χ4n) is 2.11. The first-order valence-corrected chi connectivity index (χ1v) is 5.64. The largest absolute Gasteiger partial charge is 0.486 e. The summed E-state index contributed by atoms with van der Waals surface area (Å²) in [6, 6.07) is 2.22. The van der Waals surface area contributed by atoms with Crippen molar-refractivity contribution >= 4 is 0 Å². The second-order valence-corrected chi connectivity index (χ2v) is 4.55. The van der Waals surface area contributed by atoms with Crippen LogP contribution in [0.2, 0.25) is 0 Å². The van der Waals surface area contributed by atoms with Gasteiger partial charge in [0, 0.05) is 5.56 Å². The zero-order valence-corrected chi connectivity index (χ0v) is 9.38. The van der Waals surface area contributed by atoms with Gasteiger partial charge in [0.2, 0.25) is 0 Å². The van der Waals surface area contributed by atoms with Gasteiger partial charge in [-0.2, -0.15) is 13.2 Å². The molecule has 1 N–H and O–H groups in total. The Bertz CT molecular complexity index is 458. The summed E-state index contributed by atoms with van der Waals surface area (Å²) in [6.07, 6.45) is -3.42. The monoisotopic (exact) mass is 260 g/mol. The van der Waals surface area contributed by atoms with E-state index in [-0.39, 0.29) is 24.7 Å². The van der Waals surface area contributed by atoms with Crippen LogP contribution in [0.4, 0.5) is 13.2 Å². The van der Waals surface area contributed by atoms with E-state index in [1.54, 1.807) is 0 Å². The van der Waals surface area contributed by atoms with Crippen LogP contribution in [0.1, 0.15) is 24.0 Å². The van der Waals surface area contributed by atoms with E-state index in [9.17, 15) is 18.3 Å². The van der Waals surface area contributed by atoms with E-state index in [1.165, 1.54) is 6.07 Å². The molecule has 0 bridgehead atoms. The Labute approximate surface area is 101 Å². The highest BCUT2D eigenvalue weighted by atomic mass is 19.4. The molecule has 0 amide bonds. The average Bonchev–Trinajstić information content (AvgIpc) is 3.05. The molecule has 1 aromatic carbocycles. The summed E-state index contributed by atoms with van der Waals surface area (Å²) in [5.74, 6) is -0.261. The number of alkyl halides is 3. The maximum absolute atomic E-state index is 12.8.